The average Bonchev–Trinajstić information content (AvgIpc) is 3.28. The third-order valence-corrected chi connectivity index (χ3v) is 12.5. The molecule has 0 amide bonds. The van der Waals surface area contributed by atoms with Gasteiger partial charge in [-0.05, 0) is 86.8 Å². The van der Waals surface area contributed by atoms with E-state index in [1.165, 1.54) is 33.6 Å². The number of halogens is 1. The minimum atomic E-state index is -1.48. The van der Waals surface area contributed by atoms with Gasteiger partial charge in [0.1, 0.15) is 28.0 Å². The van der Waals surface area contributed by atoms with Crippen molar-refractivity contribution in [2.45, 2.75) is 61.8 Å². The first-order chi connectivity index (χ1) is 21.6. The van der Waals surface area contributed by atoms with Gasteiger partial charge in [-0.2, -0.15) is 4.31 Å². The molecule has 0 fully saturated rings. The van der Waals surface area contributed by atoms with Crippen molar-refractivity contribution in [1.29, 1.82) is 0 Å². The Hall–Kier alpha value is -2.62. The molecule has 1 N–H and O–H groups in total. The van der Waals surface area contributed by atoms with Crippen LogP contribution in [0.25, 0.3) is 0 Å². The van der Waals surface area contributed by atoms with Gasteiger partial charge in [0.05, 0.1) is 24.7 Å². The van der Waals surface area contributed by atoms with E-state index in [1.807, 2.05) is 12.1 Å². The third-order valence-electron chi connectivity index (χ3n) is 10.7. The molecule has 0 saturated carbocycles. The number of rotatable bonds is 5. The van der Waals surface area contributed by atoms with Crippen LogP contribution in [0.1, 0.15) is 64.6 Å². The smallest absolute Gasteiger partial charge is 0.138 e. The normalized spacial score (nSPS) is 22.2. The summed E-state index contributed by atoms with van der Waals surface area (Å²) in [4.78, 5) is 5.91. The minimum absolute atomic E-state index is 0.0401. The summed E-state index contributed by atoms with van der Waals surface area (Å²) in [5, 5.41) is 10.0. The van der Waals surface area contributed by atoms with Gasteiger partial charge in [-0.25, -0.2) is 4.21 Å². The lowest BCUT2D eigenvalue weighted by molar-refractivity contribution is 0.0786. The molecule has 0 aromatic heterocycles. The summed E-state index contributed by atoms with van der Waals surface area (Å²) in [7, 11) is -1.48. The molecule has 7 nitrogen and oxygen atoms in total. The van der Waals surface area contributed by atoms with E-state index in [-0.39, 0.29) is 13.2 Å². The van der Waals surface area contributed by atoms with Crippen molar-refractivity contribution in [3.8, 4) is 11.5 Å². The number of aliphatic hydroxyl groups is 1. The summed E-state index contributed by atoms with van der Waals surface area (Å²) in [5.74, 6) is 1.93. The second-order valence-corrected chi connectivity index (χ2v) is 14.8. The van der Waals surface area contributed by atoms with Gasteiger partial charge in [0, 0.05) is 76.9 Å². The van der Waals surface area contributed by atoms with E-state index < -0.39 is 16.5 Å². The molecule has 9 rings (SSSR count). The van der Waals surface area contributed by atoms with Crippen molar-refractivity contribution in [3.63, 3.8) is 0 Å². The van der Waals surface area contributed by atoms with E-state index in [4.69, 9.17) is 21.1 Å². The average molecular weight is 632 g/mol. The van der Waals surface area contributed by atoms with Gasteiger partial charge in [0.2, 0.25) is 0 Å². The fraction of sp³-hybridized carbons (Fsp3) is 0.486. The lowest BCUT2D eigenvalue weighted by atomic mass is 9.70. The maximum Gasteiger partial charge on any atom is 0.138 e. The Labute approximate surface area is 266 Å². The van der Waals surface area contributed by atoms with Crippen LogP contribution < -0.4 is 14.5 Å². The predicted octanol–water partition coefficient (Wildman–Crippen LogP) is 5.48. The van der Waals surface area contributed by atoms with Crippen LogP contribution in [0.5, 0.6) is 11.5 Å². The molecule has 6 aliphatic heterocycles. The zero-order chi connectivity index (χ0) is 29.6. The molecule has 1 atom stereocenters. The van der Waals surface area contributed by atoms with E-state index in [9.17, 15) is 9.32 Å². The number of aryl methyl sites for hydroxylation is 2. The maximum atomic E-state index is 14.7. The Kier molecular flexibility index (Phi) is 6.58. The maximum absolute atomic E-state index is 14.7. The summed E-state index contributed by atoms with van der Waals surface area (Å²) >= 11 is 6.60. The number of nitrogens with zero attached hydrogens (tertiary/aromatic N) is 3. The Bertz CT molecular complexity index is 1640. The minimum Gasteiger partial charge on any atom is -0.456 e. The number of anilines is 2. The highest BCUT2D eigenvalue weighted by Crippen LogP contribution is 2.63. The molecular formula is C35H38ClN3O4S. The molecule has 44 heavy (non-hydrogen) atoms. The summed E-state index contributed by atoms with van der Waals surface area (Å²) in [6, 6.07) is 10.8. The predicted molar refractivity (Wildman–Crippen MR) is 173 cm³/mol. The Morgan fingerprint density at radius 3 is 2.00 bits per heavy atom. The lowest BCUT2D eigenvalue weighted by Crippen LogP contribution is -2.48. The highest BCUT2D eigenvalue weighted by Gasteiger charge is 2.58. The highest BCUT2D eigenvalue weighted by molar-refractivity contribution is 7.83. The van der Waals surface area contributed by atoms with Crippen LogP contribution in [-0.4, -0.2) is 66.2 Å². The Balaban J connectivity index is 1.38. The number of fused-ring (bicyclic) bond motifs is 8. The number of hydrogen-bond acceptors (Lipinski definition) is 6. The molecule has 0 saturated heterocycles. The van der Waals surface area contributed by atoms with Gasteiger partial charge in [0.15, 0.2) is 0 Å². The first-order valence-corrected chi connectivity index (χ1v) is 17.8. The lowest BCUT2D eigenvalue weighted by Gasteiger charge is -2.48. The van der Waals surface area contributed by atoms with Crippen molar-refractivity contribution in [2.75, 3.05) is 62.3 Å². The largest absolute Gasteiger partial charge is 0.456 e. The van der Waals surface area contributed by atoms with Crippen molar-refractivity contribution in [2.24, 2.45) is 0 Å². The van der Waals surface area contributed by atoms with Crippen molar-refractivity contribution in [3.05, 3.63) is 74.3 Å². The van der Waals surface area contributed by atoms with Crippen LogP contribution in [0.4, 0.5) is 11.4 Å². The first-order valence-electron chi connectivity index (χ1n) is 16.4. The Morgan fingerprint density at radius 1 is 0.818 bits per heavy atom. The molecule has 3 aromatic rings. The van der Waals surface area contributed by atoms with Crippen LogP contribution in [0.2, 0.25) is 5.02 Å². The number of aliphatic hydroxyl groups excluding tert-OH is 1. The van der Waals surface area contributed by atoms with E-state index in [0.29, 0.717) is 18.2 Å². The summed E-state index contributed by atoms with van der Waals surface area (Å²) < 4.78 is 30.0. The van der Waals surface area contributed by atoms with Gasteiger partial charge >= 0.3 is 0 Å². The topological polar surface area (TPSA) is 65.5 Å². The highest BCUT2D eigenvalue weighted by atomic mass is 35.5. The zero-order valence-electron chi connectivity index (χ0n) is 25.0. The molecule has 9 heteroatoms. The van der Waals surface area contributed by atoms with E-state index in [0.717, 1.165) is 111 Å². The van der Waals surface area contributed by atoms with Crippen molar-refractivity contribution >= 4 is 34.0 Å². The molecule has 0 aliphatic carbocycles. The van der Waals surface area contributed by atoms with E-state index >= 15 is 0 Å². The van der Waals surface area contributed by atoms with Gasteiger partial charge < -0.3 is 24.4 Å². The molecular weight excluding hydrogens is 594 g/mol. The third kappa shape index (κ3) is 3.75. The van der Waals surface area contributed by atoms with Crippen LogP contribution >= 0.6 is 11.6 Å². The summed E-state index contributed by atoms with van der Waals surface area (Å²) in [6.07, 6.45) is 8.53. The van der Waals surface area contributed by atoms with E-state index in [2.05, 4.69) is 32.3 Å². The fourth-order valence-electron chi connectivity index (χ4n) is 9.12. The molecule has 0 bridgehead atoms. The number of ether oxygens (including phenoxy) is 2. The molecule has 0 radical (unpaired) electrons. The molecule has 3 aromatic carbocycles. The van der Waals surface area contributed by atoms with Gasteiger partial charge in [0.25, 0.3) is 0 Å². The second-order valence-electron chi connectivity index (χ2n) is 13.0. The molecule has 1 unspecified atom stereocenters. The SMILES string of the molecule is O=S1c2cc(Cl)ccc2C2(c3cc4c5c(c3Oc3c2cc2c6c3CCCN6CCC2)CCCN5CCC4)N1CCOCCO. The first kappa shape index (κ1) is 27.7. The zero-order valence-corrected chi connectivity index (χ0v) is 26.6. The molecule has 230 valence electrons. The van der Waals surface area contributed by atoms with Gasteiger partial charge in [-0.1, -0.05) is 17.7 Å². The molecule has 6 aliphatic rings. The van der Waals surface area contributed by atoms with Crippen molar-refractivity contribution in [1.82, 2.24) is 4.31 Å². The van der Waals surface area contributed by atoms with Crippen LogP contribution in [0, 0.1) is 0 Å². The quantitative estimate of drug-likeness (QED) is 0.376. The van der Waals surface area contributed by atoms with Crippen molar-refractivity contribution < 1.29 is 18.8 Å². The second kappa shape index (κ2) is 10.5. The summed E-state index contributed by atoms with van der Waals surface area (Å²) in [5.41, 5.74) is 10.6. The Morgan fingerprint density at radius 2 is 1.41 bits per heavy atom. The van der Waals surface area contributed by atoms with Crippen LogP contribution in [0.15, 0.2) is 35.2 Å². The molecule has 1 spiro atoms. The molecule has 6 heterocycles. The standard InChI is InChI=1S/C35H38ClN3O4S/c36-24-9-10-27-30(21-24)44(41)39(15-17-42-18-16-40)35(27)28-19-22-5-1-11-37-13-3-7-25(31(22)37)33(28)43-34-26-8-4-14-38-12-2-6-23(32(26)38)20-29(34)35/h9-10,19-21,40H,1-8,11-18H2. The monoisotopic (exact) mass is 631 g/mol. The fourth-order valence-corrected chi connectivity index (χ4v) is 11.0. The van der Waals surface area contributed by atoms with Crippen LogP contribution in [0.3, 0.4) is 0 Å². The summed E-state index contributed by atoms with van der Waals surface area (Å²) in [6.45, 7) is 5.38. The number of benzene rings is 3. The van der Waals surface area contributed by atoms with E-state index in [1.54, 1.807) is 0 Å². The van der Waals surface area contributed by atoms with Crippen LogP contribution in [-0.2, 0) is 46.9 Å². The van der Waals surface area contributed by atoms with Gasteiger partial charge in [-0.15, -0.1) is 0 Å². The number of hydrogen-bond donors (Lipinski definition) is 1. The van der Waals surface area contributed by atoms with Gasteiger partial charge in [-0.3, -0.25) is 0 Å².